The zero-order valence-electron chi connectivity index (χ0n) is 13.5. The van der Waals surface area contributed by atoms with Crippen LogP contribution in [0.3, 0.4) is 0 Å². The van der Waals surface area contributed by atoms with Crippen molar-refractivity contribution >= 4 is 75.9 Å². The van der Waals surface area contributed by atoms with Crippen LogP contribution < -0.4 is 0 Å². The number of hydrogen-bond donors (Lipinski definition) is 0. The first-order valence-corrected chi connectivity index (χ1v) is 11.1. The Bertz CT molecular complexity index is 1020. The van der Waals surface area contributed by atoms with Crippen molar-refractivity contribution in [2.75, 3.05) is 0 Å². The van der Waals surface area contributed by atoms with Gasteiger partial charge in [-0.3, -0.25) is 4.98 Å². The Balaban J connectivity index is 0.000000146. The van der Waals surface area contributed by atoms with Crippen LogP contribution in [0.5, 0.6) is 0 Å². The molecule has 6 heteroatoms. The van der Waals surface area contributed by atoms with Crippen molar-refractivity contribution in [2.45, 2.75) is 17.6 Å². The molecule has 2 aromatic heterocycles. The van der Waals surface area contributed by atoms with E-state index in [1.807, 2.05) is 24.3 Å². The Morgan fingerprint density at radius 3 is 2.48 bits per heavy atom. The van der Waals surface area contributed by atoms with Crippen LogP contribution in [0, 0.1) is 6.92 Å². The van der Waals surface area contributed by atoms with Gasteiger partial charge < -0.3 is 0 Å². The Kier molecular flexibility index (Phi) is 6.44. The van der Waals surface area contributed by atoms with Crippen LogP contribution in [-0.4, -0.2) is 9.97 Å². The largest absolute Gasteiger partial charge is 0.252 e. The third-order valence-electron chi connectivity index (χ3n) is 3.57. The maximum absolute atomic E-state index is 5.98. The van der Waals surface area contributed by atoms with Crippen LogP contribution in [-0.2, 0) is 10.7 Å². The van der Waals surface area contributed by atoms with E-state index in [-0.39, 0.29) is 0 Å². The van der Waals surface area contributed by atoms with Crippen LogP contribution >= 0.6 is 54.8 Å². The van der Waals surface area contributed by atoms with Gasteiger partial charge in [-0.2, -0.15) is 0 Å². The molecule has 2 heterocycles. The average molecular weight is 499 g/mol. The highest BCUT2D eigenvalue weighted by Crippen LogP contribution is 2.29. The molecular formula is C19H15Br2ClN2S. The molecule has 128 valence electrons. The molecule has 0 aliphatic heterocycles. The second-order valence-electron chi connectivity index (χ2n) is 5.46. The van der Waals surface area contributed by atoms with Crippen molar-refractivity contribution in [3.05, 3.63) is 69.8 Å². The lowest BCUT2D eigenvalue weighted by atomic mass is 10.1. The lowest BCUT2D eigenvalue weighted by Gasteiger charge is -2.00. The number of pyridine rings is 1. The van der Waals surface area contributed by atoms with Crippen LogP contribution in [0.25, 0.3) is 21.1 Å². The minimum atomic E-state index is 0.789. The van der Waals surface area contributed by atoms with Gasteiger partial charge in [0.15, 0.2) is 0 Å². The summed E-state index contributed by atoms with van der Waals surface area (Å²) in [6.07, 6.45) is 0. The minimum absolute atomic E-state index is 0.789. The molecule has 0 amide bonds. The molecule has 4 aromatic rings. The molecule has 0 fully saturated rings. The zero-order valence-corrected chi connectivity index (χ0v) is 18.2. The lowest BCUT2D eigenvalue weighted by Crippen LogP contribution is -1.86. The highest BCUT2D eigenvalue weighted by atomic mass is 79.9. The predicted octanol–water partition coefficient (Wildman–Crippen LogP) is 7.28. The van der Waals surface area contributed by atoms with E-state index >= 15 is 0 Å². The number of nitrogens with zero attached hydrogens (tertiary/aromatic N) is 2. The normalized spacial score (nSPS) is 10.7. The van der Waals surface area contributed by atoms with Crippen LogP contribution in [0.4, 0.5) is 0 Å². The molecule has 0 spiro atoms. The molecule has 2 aromatic carbocycles. The highest BCUT2D eigenvalue weighted by molar-refractivity contribution is 9.08. The minimum Gasteiger partial charge on any atom is -0.252 e. The first-order chi connectivity index (χ1) is 12.1. The summed E-state index contributed by atoms with van der Waals surface area (Å²) in [7, 11) is 0. The van der Waals surface area contributed by atoms with Crippen molar-refractivity contribution in [1.82, 2.24) is 9.97 Å². The molecular weight excluding hydrogens is 484 g/mol. The average Bonchev–Trinajstić information content (AvgIpc) is 3.06. The van der Waals surface area contributed by atoms with Crippen LogP contribution in [0.2, 0.25) is 5.02 Å². The second kappa shape index (κ2) is 8.58. The monoisotopic (exact) mass is 496 g/mol. The summed E-state index contributed by atoms with van der Waals surface area (Å²) in [6, 6.07) is 16.3. The zero-order chi connectivity index (χ0) is 17.8. The Morgan fingerprint density at radius 2 is 1.76 bits per heavy atom. The Labute approximate surface area is 172 Å². The number of aryl methyl sites for hydroxylation is 1. The van der Waals surface area contributed by atoms with Crippen molar-refractivity contribution < 1.29 is 0 Å². The smallest absolute Gasteiger partial charge is 0.104 e. The maximum Gasteiger partial charge on any atom is 0.104 e. The molecule has 2 nitrogen and oxygen atoms in total. The number of thiazole rings is 1. The number of hydrogen-bond acceptors (Lipinski definition) is 3. The van der Waals surface area contributed by atoms with Crippen molar-refractivity contribution in [2.24, 2.45) is 0 Å². The third-order valence-corrected chi connectivity index (χ3v) is 6.58. The lowest BCUT2D eigenvalue weighted by molar-refractivity contribution is 1.23. The molecule has 0 bridgehead atoms. The summed E-state index contributed by atoms with van der Waals surface area (Å²) >= 11 is 14.4. The standard InChI is InChI=1S/C11H10BrN.C8H5BrClNS/c1-8-2-3-9-4-5-10(7-12)13-11(9)6-8;9-4-7-11-6-3-1-2-5(10)8(6)12-7/h2-6H,7H2,1H3;1-3H,4H2. The van der Waals surface area contributed by atoms with E-state index in [1.54, 1.807) is 11.3 Å². The number of fused-ring (bicyclic) bond motifs is 2. The molecule has 0 aliphatic rings. The van der Waals surface area contributed by atoms with Gasteiger partial charge in [-0.1, -0.05) is 67.7 Å². The highest BCUT2D eigenvalue weighted by Gasteiger charge is 2.04. The van der Waals surface area contributed by atoms with Gasteiger partial charge >= 0.3 is 0 Å². The number of alkyl halides is 2. The molecule has 0 saturated carbocycles. The first-order valence-electron chi connectivity index (χ1n) is 7.63. The number of rotatable bonds is 2. The van der Waals surface area contributed by atoms with Gasteiger partial charge in [-0.15, -0.1) is 11.3 Å². The van der Waals surface area contributed by atoms with Crippen LogP contribution in [0.15, 0.2) is 48.5 Å². The number of halogens is 3. The fraction of sp³-hybridized carbons (Fsp3) is 0.158. The van der Waals surface area contributed by atoms with Crippen molar-refractivity contribution in [3.8, 4) is 0 Å². The van der Waals surface area contributed by atoms with E-state index in [9.17, 15) is 0 Å². The fourth-order valence-electron chi connectivity index (χ4n) is 2.36. The summed E-state index contributed by atoms with van der Waals surface area (Å²) in [5, 5.41) is 4.67. The molecule has 0 saturated heterocycles. The van der Waals surface area contributed by atoms with E-state index in [1.165, 1.54) is 10.9 Å². The van der Waals surface area contributed by atoms with Gasteiger partial charge in [0.2, 0.25) is 0 Å². The molecule has 4 rings (SSSR count). The maximum atomic E-state index is 5.98. The Morgan fingerprint density at radius 1 is 0.960 bits per heavy atom. The molecule has 0 atom stereocenters. The number of benzene rings is 2. The second-order valence-corrected chi connectivity index (χ2v) is 8.07. The Hall–Kier alpha value is -1.01. The van der Waals surface area contributed by atoms with Gasteiger partial charge in [0, 0.05) is 10.7 Å². The summed E-state index contributed by atoms with van der Waals surface area (Å²) in [5.41, 5.74) is 4.41. The van der Waals surface area contributed by atoms with Crippen molar-refractivity contribution in [1.29, 1.82) is 0 Å². The summed E-state index contributed by atoms with van der Waals surface area (Å²) in [5.74, 6) is 0. The first kappa shape index (κ1) is 18.8. The molecule has 0 N–H and O–H groups in total. The van der Waals surface area contributed by atoms with E-state index in [4.69, 9.17) is 11.6 Å². The van der Waals surface area contributed by atoms with Gasteiger partial charge in [-0.05, 0) is 36.8 Å². The van der Waals surface area contributed by atoms with E-state index in [0.717, 1.165) is 42.1 Å². The van der Waals surface area contributed by atoms with Gasteiger partial charge in [0.05, 0.1) is 31.8 Å². The predicted molar refractivity (Wildman–Crippen MR) is 116 cm³/mol. The molecule has 0 radical (unpaired) electrons. The van der Waals surface area contributed by atoms with Crippen LogP contribution in [0.1, 0.15) is 16.3 Å². The summed E-state index contributed by atoms with van der Waals surface area (Å²) in [6.45, 7) is 2.09. The summed E-state index contributed by atoms with van der Waals surface area (Å²) < 4.78 is 1.08. The SMILES string of the molecule is Cc1ccc2ccc(CBr)nc2c1.Clc1cccc2nc(CBr)sc12. The topological polar surface area (TPSA) is 25.8 Å². The van der Waals surface area contributed by atoms with Crippen molar-refractivity contribution in [3.63, 3.8) is 0 Å². The fourth-order valence-corrected chi connectivity index (χ4v) is 4.25. The van der Waals surface area contributed by atoms with Gasteiger partial charge in [-0.25, -0.2) is 4.98 Å². The van der Waals surface area contributed by atoms with Gasteiger partial charge in [0.25, 0.3) is 0 Å². The van der Waals surface area contributed by atoms with E-state index in [0.29, 0.717) is 0 Å². The van der Waals surface area contributed by atoms with E-state index < -0.39 is 0 Å². The third kappa shape index (κ3) is 4.59. The molecule has 25 heavy (non-hydrogen) atoms. The van der Waals surface area contributed by atoms with E-state index in [2.05, 4.69) is 73.0 Å². The molecule has 0 aliphatic carbocycles. The quantitative estimate of drug-likeness (QED) is 0.271. The van der Waals surface area contributed by atoms with Gasteiger partial charge in [0.1, 0.15) is 5.01 Å². The number of aromatic nitrogens is 2. The molecule has 0 unspecified atom stereocenters. The summed E-state index contributed by atoms with van der Waals surface area (Å²) in [4.78, 5) is 8.89.